The average Bonchev–Trinajstić information content (AvgIpc) is 3.05. The zero-order valence-electron chi connectivity index (χ0n) is 14.7. The molecule has 0 radical (unpaired) electrons. The van der Waals surface area contributed by atoms with Crippen molar-refractivity contribution in [2.75, 3.05) is 5.32 Å². The summed E-state index contributed by atoms with van der Waals surface area (Å²) in [4.78, 5) is 16.9. The summed E-state index contributed by atoms with van der Waals surface area (Å²) in [6.45, 7) is 1.74. The molecule has 1 N–H and O–H groups in total. The Morgan fingerprint density at radius 3 is 2.61 bits per heavy atom. The van der Waals surface area contributed by atoms with Crippen LogP contribution in [0.3, 0.4) is 0 Å². The molecule has 0 atom stereocenters. The average molecular weight is 413 g/mol. The number of hydrogen-bond acceptors (Lipinski definition) is 4. The summed E-state index contributed by atoms with van der Waals surface area (Å²) in [5, 5.41) is 3.80. The number of oxazole rings is 1. The van der Waals surface area contributed by atoms with Gasteiger partial charge in [-0.15, -0.1) is 0 Å². The Balaban J connectivity index is 1.50. The second-order valence-corrected chi connectivity index (χ2v) is 6.89. The Bertz CT molecular complexity index is 1170. The molecular weight excluding hydrogens is 399 g/mol. The van der Waals surface area contributed by atoms with Crippen molar-refractivity contribution < 1.29 is 13.9 Å². The lowest BCUT2D eigenvalue weighted by atomic mass is 10.2. The molecule has 0 bridgehead atoms. The molecule has 1 amide bonds. The van der Waals surface area contributed by atoms with Gasteiger partial charge in [0.25, 0.3) is 5.91 Å². The van der Waals surface area contributed by atoms with Crippen molar-refractivity contribution >= 4 is 45.9 Å². The number of anilines is 1. The third-order valence-electron chi connectivity index (χ3n) is 4.00. The lowest BCUT2D eigenvalue weighted by Gasteiger charge is -2.09. The maximum atomic E-state index is 12.6. The van der Waals surface area contributed by atoms with Crippen LogP contribution in [-0.2, 0) is 0 Å². The molecule has 28 heavy (non-hydrogen) atoms. The highest BCUT2D eigenvalue weighted by atomic mass is 35.5. The molecule has 3 aromatic carbocycles. The van der Waals surface area contributed by atoms with E-state index in [9.17, 15) is 4.79 Å². The van der Waals surface area contributed by atoms with Crippen molar-refractivity contribution in [3.8, 4) is 11.5 Å². The summed E-state index contributed by atoms with van der Waals surface area (Å²) >= 11 is 12.0. The molecule has 7 heteroatoms. The fraction of sp³-hybridized carbons (Fsp3) is 0.0476. The smallest absolute Gasteiger partial charge is 0.259 e. The molecule has 0 aliphatic heterocycles. The van der Waals surface area contributed by atoms with Crippen LogP contribution in [0.15, 0.2) is 65.1 Å². The number of hydrogen-bond donors (Lipinski definition) is 1. The predicted molar refractivity (Wildman–Crippen MR) is 110 cm³/mol. The van der Waals surface area contributed by atoms with Gasteiger partial charge in [-0.1, -0.05) is 29.3 Å². The Hall–Kier alpha value is -3.02. The summed E-state index contributed by atoms with van der Waals surface area (Å²) in [6, 6.07) is 17.2. The van der Waals surface area contributed by atoms with E-state index >= 15 is 0 Å². The number of halogens is 2. The van der Waals surface area contributed by atoms with Gasteiger partial charge in [-0.25, -0.2) is 4.98 Å². The maximum Gasteiger partial charge on any atom is 0.259 e. The molecule has 4 rings (SSSR count). The normalized spacial score (nSPS) is 10.8. The molecule has 0 aliphatic carbocycles. The first-order valence-electron chi connectivity index (χ1n) is 8.40. The van der Waals surface area contributed by atoms with Gasteiger partial charge in [0.2, 0.25) is 0 Å². The number of benzene rings is 3. The van der Waals surface area contributed by atoms with Gasteiger partial charge in [0.1, 0.15) is 17.0 Å². The van der Waals surface area contributed by atoms with Crippen LogP contribution in [0.4, 0.5) is 5.69 Å². The minimum atomic E-state index is -0.281. The van der Waals surface area contributed by atoms with E-state index in [1.165, 1.54) is 0 Å². The van der Waals surface area contributed by atoms with Gasteiger partial charge >= 0.3 is 0 Å². The van der Waals surface area contributed by atoms with Crippen molar-refractivity contribution in [2.45, 2.75) is 6.92 Å². The Kier molecular flexibility index (Phi) is 4.94. The lowest BCUT2D eigenvalue weighted by molar-refractivity contribution is 0.102. The summed E-state index contributed by atoms with van der Waals surface area (Å²) in [5.41, 5.74) is 2.16. The van der Waals surface area contributed by atoms with Gasteiger partial charge in [-0.05, 0) is 54.6 Å². The van der Waals surface area contributed by atoms with Crippen molar-refractivity contribution in [1.29, 1.82) is 0 Å². The molecule has 5 nitrogen and oxygen atoms in total. The van der Waals surface area contributed by atoms with Gasteiger partial charge < -0.3 is 14.5 Å². The maximum absolute atomic E-state index is 12.6. The molecule has 1 aromatic heterocycles. The van der Waals surface area contributed by atoms with Gasteiger partial charge in [0, 0.05) is 17.6 Å². The third kappa shape index (κ3) is 3.81. The molecule has 0 unspecified atom stereocenters. The van der Waals surface area contributed by atoms with Gasteiger partial charge in [-0.3, -0.25) is 4.79 Å². The largest absolute Gasteiger partial charge is 0.456 e. The number of aryl methyl sites for hydroxylation is 1. The molecule has 0 saturated carbocycles. The summed E-state index contributed by atoms with van der Waals surface area (Å²) in [7, 11) is 0. The molecular formula is C21H14Cl2N2O3. The van der Waals surface area contributed by atoms with E-state index in [4.69, 9.17) is 32.4 Å². The third-order valence-corrected chi connectivity index (χ3v) is 4.53. The van der Waals surface area contributed by atoms with Crippen molar-refractivity contribution in [2.24, 2.45) is 0 Å². The topological polar surface area (TPSA) is 64.4 Å². The van der Waals surface area contributed by atoms with Crippen molar-refractivity contribution in [3.05, 3.63) is 82.2 Å². The number of rotatable bonds is 4. The summed E-state index contributed by atoms with van der Waals surface area (Å²) in [6.07, 6.45) is 0. The van der Waals surface area contributed by atoms with E-state index in [2.05, 4.69) is 10.3 Å². The number of fused-ring (bicyclic) bond motifs is 1. The second kappa shape index (κ2) is 7.54. The fourth-order valence-corrected chi connectivity index (χ4v) is 3.18. The second-order valence-electron chi connectivity index (χ2n) is 6.04. The monoisotopic (exact) mass is 412 g/mol. The van der Waals surface area contributed by atoms with Crippen LogP contribution >= 0.6 is 23.2 Å². The van der Waals surface area contributed by atoms with E-state index in [-0.39, 0.29) is 5.91 Å². The first-order valence-corrected chi connectivity index (χ1v) is 9.16. The summed E-state index contributed by atoms with van der Waals surface area (Å²) < 4.78 is 11.3. The number of nitrogens with zero attached hydrogens (tertiary/aromatic N) is 1. The minimum Gasteiger partial charge on any atom is -0.456 e. The highest BCUT2D eigenvalue weighted by molar-refractivity contribution is 6.35. The van der Waals surface area contributed by atoms with Crippen LogP contribution in [0.1, 0.15) is 16.2 Å². The van der Waals surface area contributed by atoms with Gasteiger partial charge in [-0.2, -0.15) is 0 Å². The van der Waals surface area contributed by atoms with Crippen molar-refractivity contribution in [3.63, 3.8) is 0 Å². The Labute approximate surface area is 170 Å². The van der Waals surface area contributed by atoms with Gasteiger partial charge in [0.15, 0.2) is 11.5 Å². The summed E-state index contributed by atoms with van der Waals surface area (Å²) in [5.74, 6) is 1.30. The fourth-order valence-electron chi connectivity index (χ4n) is 2.73. The molecule has 1 heterocycles. The first kappa shape index (κ1) is 18.3. The number of carbonyl (C=O) groups excluding carboxylic acids is 1. The number of carbonyl (C=O) groups is 1. The van der Waals surface area contributed by atoms with Crippen LogP contribution in [0.5, 0.6) is 11.5 Å². The predicted octanol–water partition coefficient (Wildman–Crippen LogP) is 6.49. The van der Waals surface area contributed by atoms with E-state index in [0.29, 0.717) is 49.8 Å². The van der Waals surface area contributed by atoms with Crippen LogP contribution in [0, 0.1) is 6.92 Å². The number of para-hydroxylation sites is 1. The van der Waals surface area contributed by atoms with Crippen LogP contribution in [0.25, 0.3) is 11.1 Å². The van der Waals surface area contributed by atoms with Crippen LogP contribution < -0.4 is 10.1 Å². The first-order chi connectivity index (χ1) is 13.5. The minimum absolute atomic E-state index is 0.281. The highest BCUT2D eigenvalue weighted by Crippen LogP contribution is 2.32. The van der Waals surface area contributed by atoms with Crippen LogP contribution in [0.2, 0.25) is 10.0 Å². The highest BCUT2D eigenvalue weighted by Gasteiger charge is 2.14. The zero-order valence-corrected chi connectivity index (χ0v) is 16.2. The molecule has 140 valence electrons. The van der Waals surface area contributed by atoms with Gasteiger partial charge in [0.05, 0.1) is 10.6 Å². The molecule has 0 saturated heterocycles. The number of amides is 1. The standard InChI is InChI=1S/C21H14Cl2N2O3/c1-12-24-18-4-2-3-16(20(18)27-12)21(26)25-14-6-8-15(9-7-14)28-19-10-5-13(22)11-17(19)23/h2-11H,1H3,(H,25,26). The Morgan fingerprint density at radius 1 is 1.07 bits per heavy atom. The number of aromatic nitrogens is 1. The quantitative estimate of drug-likeness (QED) is 0.416. The van der Waals surface area contributed by atoms with E-state index in [0.717, 1.165) is 0 Å². The van der Waals surface area contributed by atoms with E-state index in [1.807, 2.05) is 0 Å². The molecule has 0 spiro atoms. The number of ether oxygens (including phenoxy) is 1. The zero-order chi connectivity index (χ0) is 19.7. The van der Waals surface area contributed by atoms with E-state index in [1.54, 1.807) is 67.6 Å². The lowest BCUT2D eigenvalue weighted by Crippen LogP contribution is -2.12. The Morgan fingerprint density at radius 2 is 1.86 bits per heavy atom. The molecule has 4 aromatic rings. The van der Waals surface area contributed by atoms with Crippen LogP contribution in [-0.4, -0.2) is 10.9 Å². The van der Waals surface area contributed by atoms with Crippen molar-refractivity contribution in [1.82, 2.24) is 4.98 Å². The molecule has 0 fully saturated rings. The molecule has 0 aliphatic rings. The SMILES string of the molecule is Cc1nc2cccc(C(=O)Nc3ccc(Oc4ccc(Cl)cc4Cl)cc3)c2o1. The number of nitrogens with one attached hydrogen (secondary N) is 1. The van der Waals surface area contributed by atoms with E-state index < -0.39 is 0 Å².